The molecule has 0 saturated carbocycles. The Morgan fingerprint density at radius 1 is 1.44 bits per heavy atom. The number of nitrogen functional groups attached to an aromatic ring is 1. The Labute approximate surface area is 218 Å². The van der Waals surface area contributed by atoms with E-state index >= 15 is 0 Å². The third kappa shape index (κ3) is 5.15. The van der Waals surface area contributed by atoms with Crippen LogP contribution in [-0.2, 0) is 20.9 Å². The van der Waals surface area contributed by atoms with Crippen LogP contribution < -0.4 is 20.7 Å². The number of fused-ring (bicyclic) bond motifs is 1. The van der Waals surface area contributed by atoms with Crippen molar-refractivity contribution < 1.29 is 29.3 Å². The molecule has 1 fully saturated rings. The van der Waals surface area contributed by atoms with Crippen molar-refractivity contribution in [2.45, 2.75) is 22.9 Å². The van der Waals surface area contributed by atoms with Gasteiger partial charge in [-0.05, 0) is 23.1 Å². The number of pyridine rings is 1. The van der Waals surface area contributed by atoms with Crippen LogP contribution in [0, 0.1) is 0 Å². The maximum atomic E-state index is 12.8. The van der Waals surface area contributed by atoms with Crippen LogP contribution in [0.4, 0.5) is 5.13 Å². The molecule has 0 unspecified atom stereocenters. The monoisotopic (exact) mass is 544 g/mol. The number of thiazole rings is 1. The van der Waals surface area contributed by atoms with E-state index in [4.69, 9.17) is 5.73 Å². The highest BCUT2D eigenvalue weighted by Crippen LogP contribution is 2.40. The number of nitrogens with zero attached hydrogens (tertiary/aromatic N) is 4. The Bertz CT molecular complexity index is 1300. The van der Waals surface area contributed by atoms with Gasteiger partial charge in [-0.2, -0.15) is 0 Å². The number of aromatic nitrogens is 2. The Morgan fingerprint density at radius 2 is 2.19 bits per heavy atom. The maximum absolute atomic E-state index is 12.8. The summed E-state index contributed by atoms with van der Waals surface area (Å²) in [6.07, 6.45) is 7.26. The van der Waals surface area contributed by atoms with E-state index < -0.39 is 34.9 Å². The molecule has 0 radical (unpaired) electrons. The Hall–Kier alpha value is -3.62. The molecule has 2 aromatic heterocycles. The van der Waals surface area contributed by atoms with Crippen LogP contribution in [0.2, 0.25) is 0 Å². The highest BCUT2D eigenvalue weighted by atomic mass is 32.2. The Kier molecular flexibility index (Phi) is 7.76. The largest absolute Gasteiger partial charge is 0.543 e. The number of nitrogens with two attached hydrogens (primary N) is 1. The first kappa shape index (κ1) is 25.5. The molecule has 4 N–H and O–H groups in total. The summed E-state index contributed by atoms with van der Waals surface area (Å²) in [4.78, 5) is 43.3. The van der Waals surface area contributed by atoms with Crippen LogP contribution in [0.1, 0.15) is 5.69 Å². The predicted octanol–water partition coefficient (Wildman–Crippen LogP) is 0.0870. The average Bonchev–Trinajstić information content (AvgIpc) is 3.29. The molecule has 11 nitrogen and oxygen atoms in total. The zero-order valence-electron chi connectivity index (χ0n) is 18.6. The molecule has 2 aliphatic heterocycles. The van der Waals surface area contributed by atoms with Gasteiger partial charge in [0.15, 0.2) is 29.8 Å². The number of rotatable bonds is 9. The number of β-lactam (4-membered cyclic amide) rings is 1. The van der Waals surface area contributed by atoms with Crippen LogP contribution in [0.5, 0.6) is 0 Å². The molecule has 0 aliphatic carbocycles. The molecule has 0 bridgehead atoms. The third-order valence-electron chi connectivity index (χ3n) is 5.23. The fraction of sp³-hybridized carbons (Fsp3) is 0.182. The van der Waals surface area contributed by atoms with Crippen molar-refractivity contribution in [3.8, 4) is 0 Å². The molecule has 0 spiro atoms. The van der Waals surface area contributed by atoms with Crippen LogP contribution >= 0.6 is 34.9 Å². The smallest absolute Gasteiger partial charge is 0.276 e. The van der Waals surface area contributed by atoms with Gasteiger partial charge in [-0.3, -0.25) is 14.5 Å². The molecule has 2 amide bonds. The molecule has 2 aromatic rings. The number of hydrogen-bond acceptors (Lipinski definition) is 11. The summed E-state index contributed by atoms with van der Waals surface area (Å²) in [5.41, 5.74) is 5.41. The summed E-state index contributed by atoms with van der Waals surface area (Å²) in [5, 5.41) is 29.4. The van der Waals surface area contributed by atoms with Gasteiger partial charge in [-0.25, -0.2) is 9.55 Å². The number of hydrogen-bond donors (Lipinski definition) is 3. The SMILES string of the molecule is C=CC[n+]1ccc(S/C=C/C2=C(C(=O)[O-])N3C(=O)[C@@H](NC(=O)/C(=N/O)c4csc(N)n4)[C@H]3SC2)cc1. The Morgan fingerprint density at radius 3 is 2.81 bits per heavy atom. The van der Waals surface area contributed by atoms with Crippen molar-refractivity contribution in [2.24, 2.45) is 5.16 Å². The number of carbonyl (C=O) groups excluding carboxylic acids is 3. The summed E-state index contributed by atoms with van der Waals surface area (Å²) < 4.78 is 1.96. The van der Waals surface area contributed by atoms with Crippen LogP contribution in [-0.4, -0.2) is 55.8 Å². The van der Waals surface area contributed by atoms with Crippen LogP contribution in [0.15, 0.2) is 75.4 Å². The lowest BCUT2D eigenvalue weighted by Crippen LogP contribution is -2.71. The highest BCUT2D eigenvalue weighted by molar-refractivity contribution is 8.02. The summed E-state index contributed by atoms with van der Waals surface area (Å²) in [5.74, 6) is -2.63. The van der Waals surface area contributed by atoms with Gasteiger partial charge in [0.25, 0.3) is 11.8 Å². The molecule has 36 heavy (non-hydrogen) atoms. The van der Waals surface area contributed by atoms with Crippen molar-refractivity contribution in [3.05, 3.63) is 71.0 Å². The first-order chi connectivity index (χ1) is 17.3. The fourth-order valence-corrected chi connectivity index (χ4v) is 6.10. The Balaban J connectivity index is 1.45. The van der Waals surface area contributed by atoms with E-state index in [2.05, 4.69) is 22.0 Å². The van der Waals surface area contributed by atoms with Gasteiger partial charge >= 0.3 is 0 Å². The topological polar surface area (TPSA) is 165 Å². The lowest BCUT2D eigenvalue weighted by Gasteiger charge is -2.50. The number of carboxylic acids is 1. The molecular weight excluding hydrogens is 524 g/mol. The average molecular weight is 545 g/mol. The quantitative estimate of drug-likeness (QED) is 0.0754. The minimum atomic E-state index is -1.48. The number of oxime groups is 1. The number of nitrogens with one attached hydrogen (secondary N) is 1. The fourth-order valence-electron chi connectivity index (χ4n) is 3.57. The van der Waals surface area contributed by atoms with Crippen LogP contribution in [0.3, 0.4) is 0 Å². The molecule has 1 saturated heterocycles. The molecule has 4 heterocycles. The van der Waals surface area contributed by atoms with E-state index in [-0.39, 0.29) is 16.5 Å². The lowest BCUT2D eigenvalue weighted by atomic mass is 10.0. The number of thioether (sulfide) groups is 2. The first-order valence-electron chi connectivity index (χ1n) is 10.4. The lowest BCUT2D eigenvalue weighted by molar-refractivity contribution is -0.687. The second kappa shape index (κ2) is 11.0. The van der Waals surface area contributed by atoms with Crippen molar-refractivity contribution in [1.82, 2.24) is 15.2 Å². The van der Waals surface area contributed by atoms with E-state index in [9.17, 15) is 24.7 Å². The van der Waals surface area contributed by atoms with Gasteiger partial charge in [0.2, 0.25) is 0 Å². The number of carboxylic acid groups (broad SMARTS) is 1. The number of aliphatic carboxylic acids is 1. The maximum Gasteiger partial charge on any atom is 0.276 e. The van der Waals surface area contributed by atoms with Crippen molar-refractivity contribution >= 4 is 63.5 Å². The van der Waals surface area contributed by atoms with E-state index in [1.807, 2.05) is 29.1 Å². The first-order valence-corrected chi connectivity index (χ1v) is 13.2. The number of amides is 2. The van der Waals surface area contributed by atoms with Gasteiger partial charge in [0, 0.05) is 28.2 Å². The summed E-state index contributed by atoms with van der Waals surface area (Å²) in [6.45, 7) is 4.39. The number of allylic oxidation sites excluding steroid dienone is 2. The number of carbonyl (C=O) groups is 3. The minimum Gasteiger partial charge on any atom is -0.543 e. The van der Waals surface area contributed by atoms with Gasteiger partial charge in [0.05, 0.1) is 11.7 Å². The molecule has 14 heteroatoms. The zero-order chi connectivity index (χ0) is 25.8. The van der Waals surface area contributed by atoms with E-state index in [1.165, 1.54) is 28.9 Å². The molecular formula is C22H20N6O5S3. The summed E-state index contributed by atoms with van der Waals surface area (Å²) >= 11 is 3.76. The van der Waals surface area contributed by atoms with E-state index in [0.29, 0.717) is 17.9 Å². The van der Waals surface area contributed by atoms with Gasteiger partial charge in [-0.15, -0.1) is 23.1 Å². The van der Waals surface area contributed by atoms with Gasteiger partial charge in [-0.1, -0.05) is 23.5 Å². The number of anilines is 1. The zero-order valence-corrected chi connectivity index (χ0v) is 21.0. The predicted molar refractivity (Wildman–Crippen MR) is 134 cm³/mol. The van der Waals surface area contributed by atoms with Gasteiger partial charge in [0.1, 0.15) is 17.1 Å². The summed E-state index contributed by atoms with van der Waals surface area (Å²) in [7, 11) is 0. The normalized spacial score (nSPS) is 19.7. The van der Waals surface area contributed by atoms with Gasteiger partial charge < -0.3 is 26.2 Å². The van der Waals surface area contributed by atoms with E-state index in [0.717, 1.165) is 21.1 Å². The molecule has 2 atom stereocenters. The molecule has 4 rings (SSSR count). The van der Waals surface area contributed by atoms with Crippen molar-refractivity contribution in [3.63, 3.8) is 0 Å². The standard InChI is InChI=1S/C22H20N6O5S3/c1-2-6-27-7-3-13(4-8-27)34-9-5-12-10-35-20-16(19(30)28(20)17(12)21(31)32)25-18(29)15(26-33)14-11-36-22(23)24-14/h2-5,7-9,11,16,20H,1,6,10H2,(H4-,23,24,25,29,31,32,33)/b9-5+/t16-,20-/m1/s1. The molecule has 186 valence electrons. The summed E-state index contributed by atoms with van der Waals surface area (Å²) in [6, 6.07) is 2.85. The molecule has 2 aliphatic rings. The minimum absolute atomic E-state index is 0.0617. The van der Waals surface area contributed by atoms with Crippen molar-refractivity contribution in [1.29, 1.82) is 0 Å². The second-order valence-corrected chi connectivity index (χ2v) is 10.5. The van der Waals surface area contributed by atoms with Crippen molar-refractivity contribution in [2.75, 3.05) is 11.5 Å². The molecule has 0 aromatic carbocycles. The third-order valence-corrected chi connectivity index (χ3v) is 8.02. The van der Waals surface area contributed by atoms with Crippen LogP contribution in [0.25, 0.3) is 0 Å². The second-order valence-electron chi connectivity index (χ2n) is 7.48. The van der Waals surface area contributed by atoms with E-state index in [1.54, 1.807) is 17.6 Å². The highest BCUT2D eigenvalue weighted by Gasteiger charge is 2.53.